The molecule has 1 rings (SSSR count). The average Bonchev–Trinajstić information content (AvgIpc) is 2.67. The summed E-state index contributed by atoms with van der Waals surface area (Å²) in [5.41, 5.74) is 0.979. The summed E-state index contributed by atoms with van der Waals surface area (Å²) >= 11 is 0. The van der Waals surface area contributed by atoms with Crippen LogP contribution in [0.2, 0.25) is 0 Å². The molecule has 0 saturated carbocycles. The molecule has 1 aromatic heterocycles. The number of carbonyl (C=O) groups is 1. The van der Waals surface area contributed by atoms with Gasteiger partial charge in [0.15, 0.2) is 0 Å². The maximum atomic E-state index is 11.0. The zero-order valence-electron chi connectivity index (χ0n) is 11.0. The van der Waals surface area contributed by atoms with Crippen LogP contribution in [0.3, 0.4) is 0 Å². The molecule has 0 amide bonds. The van der Waals surface area contributed by atoms with E-state index in [1.165, 1.54) is 6.20 Å². The first kappa shape index (κ1) is 14.7. The largest absolute Gasteiger partial charge is 0.478 e. The van der Waals surface area contributed by atoms with Crippen LogP contribution in [-0.4, -0.2) is 51.1 Å². The third-order valence-corrected chi connectivity index (χ3v) is 2.91. The second kappa shape index (κ2) is 7.13. The normalized spacial score (nSPS) is 11.1. The number of hydrogen-bond acceptors (Lipinski definition) is 4. The van der Waals surface area contributed by atoms with Crippen molar-refractivity contribution in [2.45, 2.75) is 25.8 Å². The Morgan fingerprint density at radius 3 is 2.78 bits per heavy atom. The molecule has 0 aliphatic heterocycles. The van der Waals surface area contributed by atoms with Gasteiger partial charge in [0, 0.05) is 20.2 Å². The van der Waals surface area contributed by atoms with E-state index in [1.54, 1.807) is 11.7 Å². The highest BCUT2D eigenvalue weighted by atomic mass is 16.4. The highest BCUT2D eigenvalue weighted by Gasteiger charge is 2.16. The van der Waals surface area contributed by atoms with Crippen molar-refractivity contribution in [2.24, 2.45) is 7.05 Å². The van der Waals surface area contributed by atoms with E-state index in [2.05, 4.69) is 10.00 Å². The molecule has 1 heterocycles. The van der Waals surface area contributed by atoms with Gasteiger partial charge in [-0.25, -0.2) is 4.79 Å². The van der Waals surface area contributed by atoms with Crippen LogP contribution in [0.5, 0.6) is 0 Å². The Bertz CT molecular complexity index is 390. The van der Waals surface area contributed by atoms with Crippen LogP contribution in [0.4, 0.5) is 0 Å². The molecule has 0 fully saturated rings. The molecule has 2 N–H and O–H groups in total. The van der Waals surface area contributed by atoms with Gasteiger partial charge in [0.2, 0.25) is 0 Å². The van der Waals surface area contributed by atoms with E-state index < -0.39 is 5.97 Å². The smallest absolute Gasteiger partial charge is 0.339 e. The number of rotatable bonds is 8. The molecule has 1 aromatic rings. The molecular weight excluding hydrogens is 234 g/mol. The van der Waals surface area contributed by atoms with E-state index in [0.717, 1.165) is 25.8 Å². The molecule has 0 aliphatic rings. The van der Waals surface area contributed by atoms with Crippen LogP contribution in [0.15, 0.2) is 6.20 Å². The highest BCUT2D eigenvalue weighted by molar-refractivity contribution is 5.88. The van der Waals surface area contributed by atoms with Gasteiger partial charge in [-0.15, -0.1) is 0 Å². The van der Waals surface area contributed by atoms with Crippen molar-refractivity contribution in [3.63, 3.8) is 0 Å². The summed E-state index contributed by atoms with van der Waals surface area (Å²) in [5.74, 6) is -0.938. The topological polar surface area (TPSA) is 78.6 Å². The molecule has 0 bridgehead atoms. The molecule has 0 saturated heterocycles. The molecular formula is C12H21N3O3. The van der Waals surface area contributed by atoms with E-state index >= 15 is 0 Å². The summed E-state index contributed by atoms with van der Waals surface area (Å²) in [6, 6.07) is 0. The second-order valence-corrected chi connectivity index (χ2v) is 4.46. The number of carboxylic acid groups (broad SMARTS) is 1. The molecule has 102 valence electrons. The monoisotopic (exact) mass is 255 g/mol. The van der Waals surface area contributed by atoms with Crippen LogP contribution in [-0.2, 0) is 13.6 Å². The van der Waals surface area contributed by atoms with Crippen LogP contribution in [0.25, 0.3) is 0 Å². The van der Waals surface area contributed by atoms with Crippen molar-refractivity contribution in [3.8, 4) is 0 Å². The van der Waals surface area contributed by atoms with Crippen molar-refractivity contribution in [1.82, 2.24) is 14.7 Å². The summed E-state index contributed by atoms with van der Waals surface area (Å²) in [6.45, 7) is 1.68. The van der Waals surface area contributed by atoms with Crippen LogP contribution < -0.4 is 0 Å². The van der Waals surface area contributed by atoms with Gasteiger partial charge in [0.05, 0.1) is 11.9 Å². The summed E-state index contributed by atoms with van der Waals surface area (Å²) in [4.78, 5) is 13.1. The zero-order valence-corrected chi connectivity index (χ0v) is 11.0. The summed E-state index contributed by atoms with van der Waals surface area (Å²) in [5, 5.41) is 21.7. The number of hydrogen-bond donors (Lipinski definition) is 2. The predicted molar refractivity (Wildman–Crippen MR) is 67.4 cm³/mol. The van der Waals surface area contributed by atoms with Crippen molar-refractivity contribution >= 4 is 5.97 Å². The fourth-order valence-electron chi connectivity index (χ4n) is 1.83. The number of aliphatic hydroxyl groups excluding tert-OH is 1. The fraction of sp³-hybridized carbons (Fsp3) is 0.667. The van der Waals surface area contributed by atoms with E-state index in [1.807, 2.05) is 7.05 Å². The SMILES string of the molecule is CN(CCCCCO)Cc1c(C(=O)O)cnn1C. The third-order valence-electron chi connectivity index (χ3n) is 2.91. The van der Waals surface area contributed by atoms with E-state index in [0.29, 0.717) is 12.2 Å². The van der Waals surface area contributed by atoms with Crippen molar-refractivity contribution in [2.75, 3.05) is 20.2 Å². The molecule has 0 aliphatic carbocycles. The van der Waals surface area contributed by atoms with Gasteiger partial charge in [-0.2, -0.15) is 5.10 Å². The van der Waals surface area contributed by atoms with Gasteiger partial charge in [-0.3, -0.25) is 4.68 Å². The average molecular weight is 255 g/mol. The lowest BCUT2D eigenvalue weighted by molar-refractivity contribution is 0.0694. The summed E-state index contributed by atoms with van der Waals surface area (Å²) in [6.07, 6.45) is 4.19. The lowest BCUT2D eigenvalue weighted by Gasteiger charge is -2.17. The number of aryl methyl sites for hydroxylation is 1. The summed E-state index contributed by atoms with van der Waals surface area (Å²) in [7, 11) is 3.71. The Kier molecular flexibility index (Phi) is 5.80. The van der Waals surface area contributed by atoms with E-state index in [4.69, 9.17) is 10.2 Å². The Balaban J connectivity index is 2.50. The molecule has 18 heavy (non-hydrogen) atoms. The Labute approximate surface area is 107 Å². The van der Waals surface area contributed by atoms with Gasteiger partial charge >= 0.3 is 5.97 Å². The standard InChI is InChI=1S/C12H21N3O3/c1-14(6-4-3-5-7-16)9-11-10(12(17)18)8-13-15(11)2/h8,16H,3-7,9H2,1-2H3,(H,17,18). The Hall–Kier alpha value is -1.40. The number of aromatic carboxylic acids is 1. The quantitative estimate of drug-likeness (QED) is 0.669. The van der Waals surface area contributed by atoms with Crippen molar-refractivity contribution in [3.05, 3.63) is 17.5 Å². The van der Waals surface area contributed by atoms with E-state index in [-0.39, 0.29) is 12.2 Å². The maximum absolute atomic E-state index is 11.0. The fourth-order valence-corrected chi connectivity index (χ4v) is 1.83. The van der Waals surface area contributed by atoms with Gasteiger partial charge in [-0.1, -0.05) is 0 Å². The zero-order chi connectivity index (χ0) is 13.5. The lowest BCUT2D eigenvalue weighted by Crippen LogP contribution is -2.22. The van der Waals surface area contributed by atoms with Gasteiger partial charge in [0.25, 0.3) is 0 Å². The Morgan fingerprint density at radius 1 is 1.44 bits per heavy atom. The predicted octanol–water partition coefficient (Wildman–Crippen LogP) is 0.713. The minimum absolute atomic E-state index is 0.231. The van der Waals surface area contributed by atoms with Crippen LogP contribution in [0, 0.1) is 0 Å². The first-order valence-corrected chi connectivity index (χ1v) is 6.09. The van der Waals surface area contributed by atoms with Gasteiger partial charge in [0.1, 0.15) is 5.56 Å². The summed E-state index contributed by atoms with van der Waals surface area (Å²) < 4.78 is 1.60. The highest BCUT2D eigenvalue weighted by Crippen LogP contribution is 2.10. The number of aliphatic hydroxyl groups is 1. The first-order valence-electron chi connectivity index (χ1n) is 6.09. The van der Waals surface area contributed by atoms with Gasteiger partial charge in [-0.05, 0) is 32.9 Å². The Morgan fingerprint density at radius 2 is 2.17 bits per heavy atom. The molecule has 0 unspecified atom stereocenters. The minimum Gasteiger partial charge on any atom is -0.478 e. The molecule has 0 atom stereocenters. The van der Waals surface area contributed by atoms with E-state index in [9.17, 15) is 4.79 Å². The first-order chi connectivity index (χ1) is 8.56. The molecule has 0 spiro atoms. The van der Waals surface area contributed by atoms with Crippen molar-refractivity contribution in [1.29, 1.82) is 0 Å². The lowest BCUT2D eigenvalue weighted by atomic mass is 10.2. The maximum Gasteiger partial charge on any atom is 0.339 e. The van der Waals surface area contributed by atoms with Crippen LogP contribution in [0.1, 0.15) is 35.3 Å². The molecule has 6 heteroatoms. The number of carboxylic acids is 1. The number of aromatic nitrogens is 2. The number of unbranched alkanes of at least 4 members (excludes halogenated alkanes) is 2. The minimum atomic E-state index is -0.938. The molecule has 6 nitrogen and oxygen atoms in total. The second-order valence-electron chi connectivity index (χ2n) is 4.46. The number of nitrogens with zero attached hydrogens (tertiary/aromatic N) is 3. The van der Waals surface area contributed by atoms with Gasteiger partial charge < -0.3 is 15.1 Å². The van der Waals surface area contributed by atoms with Crippen LogP contribution >= 0.6 is 0 Å². The molecule has 0 radical (unpaired) electrons. The molecule has 0 aromatic carbocycles. The van der Waals surface area contributed by atoms with Crippen molar-refractivity contribution < 1.29 is 15.0 Å². The third kappa shape index (κ3) is 4.12.